The number of benzene rings is 3. The molecule has 6 rings (SSSR count). The molecule has 0 N–H and O–H groups in total. The van der Waals surface area contributed by atoms with Crippen LogP contribution in [0, 0.1) is 0 Å². The van der Waals surface area contributed by atoms with Crippen LogP contribution in [0.2, 0.25) is 0 Å². The SMILES string of the molecule is CCOC(=O)C1=C(c2ccccc2)N=c2sc(=Cc3c(OC)ccc4ccc(OC)cc34)c(=O)n2C1c1cccs1. The maximum atomic E-state index is 14.2. The third-order valence-electron chi connectivity index (χ3n) is 6.91. The van der Waals surface area contributed by atoms with Crippen molar-refractivity contribution in [3.8, 4) is 11.5 Å². The first-order chi connectivity index (χ1) is 20.0. The van der Waals surface area contributed by atoms with Gasteiger partial charge in [0.2, 0.25) is 0 Å². The normalized spacial score (nSPS) is 15.0. The van der Waals surface area contributed by atoms with Crippen LogP contribution >= 0.6 is 22.7 Å². The molecule has 0 spiro atoms. The van der Waals surface area contributed by atoms with Crippen molar-refractivity contribution in [2.45, 2.75) is 13.0 Å². The zero-order valence-corrected chi connectivity index (χ0v) is 24.3. The summed E-state index contributed by atoms with van der Waals surface area (Å²) in [4.78, 5) is 34.0. The zero-order valence-electron chi connectivity index (χ0n) is 22.6. The van der Waals surface area contributed by atoms with Crippen LogP contribution < -0.4 is 24.4 Å². The van der Waals surface area contributed by atoms with Gasteiger partial charge in [-0.1, -0.05) is 59.9 Å². The van der Waals surface area contributed by atoms with E-state index in [1.54, 1.807) is 25.7 Å². The molecule has 7 nitrogen and oxygen atoms in total. The quantitative estimate of drug-likeness (QED) is 0.248. The molecule has 0 saturated heterocycles. The van der Waals surface area contributed by atoms with E-state index in [0.717, 1.165) is 26.8 Å². The van der Waals surface area contributed by atoms with Gasteiger partial charge in [-0.2, -0.15) is 0 Å². The minimum Gasteiger partial charge on any atom is -0.497 e. The molecule has 0 radical (unpaired) electrons. The van der Waals surface area contributed by atoms with E-state index in [4.69, 9.17) is 19.2 Å². The maximum absolute atomic E-state index is 14.2. The molecule has 206 valence electrons. The van der Waals surface area contributed by atoms with E-state index < -0.39 is 12.0 Å². The fourth-order valence-electron chi connectivity index (χ4n) is 5.04. The van der Waals surface area contributed by atoms with Crippen molar-refractivity contribution < 1.29 is 19.0 Å². The lowest BCUT2D eigenvalue weighted by Gasteiger charge is -2.24. The van der Waals surface area contributed by atoms with Gasteiger partial charge in [-0.05, 0) is 53.4 Å². The van der Waals surface area contributed by atoms with Crippen LogP contribution in [0.25, 0.3) is 22.5 Å². The van der Waals surface area contributed by atoms with Crippen LogP contribution in [0.3, 0.4) is 0 Å². The van der Waals surface area contributed by atoms with Gasteiger partial charge in [0, 0.05) is 16.0 Å². The number of thiazole rings is 1. The maximum Gasteiger partial charge on any atom is 0.338 e. The summed E-state index contributed by atoms with van der Waals surface area (Å²) in [5, 5.41) is 3.81. The van der Waals surface area contributed by atoms with Crippen LogP contribution in [0.4, 0.5) is 0 Å². The largest absolute Gasteiger partial charge is 0.497 e. The Morgan fingerprint density at radius 3 is 2.54 bits per heavy atom. The minimum absolute atomic E-state index is 0.205. The molecule has 3 heterocycles. The lowest BCUT2D eigenvalue weighted by molar-refractivity contribution is -0.138. The number of nitrogens with zero attached hydrogens (tertiary/aromatic N) is 2. The van der Waals surface area contributed by atoms with Crippen LogP contribution in [0.5, 0.6) is 11.5 Å². The van der Waals surface area contributed by atoms with Crippen LogP contribution in [0.15, 0.2) is 93.5 Å². The molecule has 0 fully saturated rings. The summed E-state index contributed by atoms with van der Waals surface area (Å²) in [6, 6.07) is 22.4. The topological polar surface area (TPSA) is 79.1 Å². The lowest BCUT2D eigenvalue weighted by atomic mass is 9.97. The molecular formula is C32H26N2O5S2. The molecule has 1 aliphatic heterocycles. The molecule has 0 bridgehead atoms. The van der Waals surface area contributed by atoms with Gasteiger partial charge in [0.1, 0.15) is 17.5 Å². The fraction of sp³-hybridized carbons (Fsp3) is 0.156. The summed E-state index contributed by atoms with van der Waals surface area (Å²) in [5.74, 6) is 0.834. The highest BCUT2D eigenvalue weighted by molar-refractivity contribution is 7.10. The Balaban J connectivity index is 1.66. The third-order valence-corrected chi connectivity index (χ3v) is 8.82. The average Bonchev–Trinajstić information content (AvgIpc) is 3.65. The molecule has 9 heteroatoms. The fourth-order valence-corrected chi connectivity index (χ4v) is 6.85. The highest BCUT2D eigenvalue weighted by Crippen LogP contribution is 2.37. The number of carbonyl (C=O) groups excluding carboxylic acids is 1. The summed E-state index contributed by atoms with van der Waals surface area (Å²) >= 11 is 2.76. The smallest absolute Gasteiger partial charge is 0.338 e. The first kappa shape index (κ1) is 26.7. The third kappa shape index (κ3) is 4.77. The van der Waals surface area contributed by atoms with Gasteiger partial charge < -0.3 is 14.2 Å². The number of rotatable bonds is 7. The number of hydrogen-bond acceptors (Lipinski definition) is 8. The molecule has 1 unspecified atom stereocenters. The number of thiophene rings is 1. The molecular weight excluding hydrogens is 556 g/mol. The summed E-state index contributed by atoms with van der Waals surface area (Å²) < 4.78 is 18.8. The minimum atomic E-state index is -0.683. The van der Waals surface area contributed by atoms with Gasteiger partial charge in [-0.15, -0.1) is 11.3 Å². The number of carbonyl (C=O) groups is 1. The monoisotopic (exact) mass is 582 g/mol. The first-order valence-electron chi connectivity index (χ1n) is 13.0. The van der Waals surface area contributed by atoms with E-state index in [0.29, 0.717) is 32.1 Å². The van der Waals surface area contributed by atoms with Gasteiger partial charge >= 0.3 is 5.97 Å². The molecule has 3 aromatic carbocycles. The van der Waals surface area contributed by atoms with E-state index in [2.05, 4.69) is 0 Å². The second-order valence-electron chi connectivity index (χ2n) is 9.22. The number of ether oxygens (including phenoxy) is 3. The Bertz CT molecular complexity index is 1970. The molecule has 1 atom stereocenters. The standard InChI is InChI=1S/C32H26N2O5S2/c1-4-39-31(36)27-28(20-9-6-5-7-10-20)33-32-34(29(27)25-11-8-16-40-25)30(35)26(41-32)18-23-22-17-21(37-2)14-12-19(22)13-15-24(23)38-3/h5-18,29H,4H2,1-3H3. The van der Waals surface area contributed by atoms with Crippen molar-refractivity contribution in [1.82, 2.24) is 4.57 Å². The van der Waals surface area contributed by atoms with Gasteiger partial charge in [0.05, 0.1) is 36.6 Å². The summed E-state index contributed by atoms with van der Waals surface area (Å²) in [6.45, 7) is 1.97. The first-order valence-corrected chi connectivity index (χ1v) is 14.7. The molecule has 2 aromatic heterocycles. The van der Waals surface area contributed by atoms with Crippen molar-refractivity contribution in [2.75, 3.05) is 20.8 Å². The Morgan fingerprint density at radius 1 is 1.02 bits per heavy atom. The second kappa shape index (κ2) is 11.2. The Kier molecular flexibility index (Phi) is 7.30. The van der Waals surface area contributed by atoms with Crippen molar-refractivity contribution in [2.24, 2.45) is 4.99 Å². The molecule has 41 heavy (non-hydrogen) atoms. The van der Waals surface area contributed by atoms with E-state index in [-0.39, 0.29) is 12.2 Å². The average molecular weight is 583 g/mol. The van der Waals surface area contributed by atoms with E-state index in [1.807, 2.05) is 84.3 Å². The molecule has 5 aromatic rings. The van der Waals surface area contributed by atoms with Crippen molar-refractivity contribution >= 4 is 51.2 Å². The predicted molar refractivity (Wildman–Crippen MR) is 162 cm³/mol. The van der Waals surface area contributed by atoms with E-state index in [1.165, 1.54) is 22.7 Å². The highest BCUT2D eigenvalue weighted by Gasteiger charge is 2.35. The number of aromatic nitrogens is 1. The highest BCUT2D eigenvalue weighted by atomic mass is 32.1. The Labute approximate surface area is 243 Å². The Hall–Kier alpha value is -4.47. The molecule has 0 saturated carbocycles. The van der Waals surface area contributed by atoms with E-state index in [9.17, 15) is 9.59 Å². The zero-order chi connectivity index (χ0) is 28.5. The predicted octanol–water partition coefficient (Wildman–Crippen LogP) is 5.17. The van der Waals surface area contributed by atoms with Crippen LogP contribution in [-0.2, 0) is 9.53 Å². The number of fused-ring (bicyclic) bond motifs is 2. The number of esters is 1. The van der Waals surface area contributed by atoms with Crippen molar-refractivity contribution in [3.63, 3.8) is 0 Å². The number of methoxy groups -OCH3 is 2. The summed E-state index contributed by atoms with van der Waals surface area (Å²) in [7, 11) is 3.23. The van der Waals surface area contributed by atoms with Crippen molar-refractivity contribution in [1.29, 1.82) is 0 Å². The molecule has 0 aliphatic carbocycles. The molecule has 1 aliphatic rings. The van der Waals surface area contributed by atoms with Crippen LogP contribution in [-0.4, -0.2) is 31.4 Å². The summed E-state index contributed by atoms with van der Waals surface area (Å²) in [5.41, 5.74) is 2.13. The number of hydrogen-bond donors (Lipinski definition) is 0. The summed E-state index contributed by atoms with van der Waals surface area (Å²) in [6.07, 6.45) is 1.84. The lowest BCUT2D eigenvalue weighted by Crippen LogP contribution is -2.39. The van der Waals surface area contributed by atoms with E-state index >= 15 is 0 Å². The van der Waals surface area contributed by atoms with Gasteiger partial charge in [0.15, 0.2) is 4.80 Å². The second-order valence-corrected chi connectivity index (χ2v) is 11.2. The van der Waals surface area contributed by atoms with Crippen molar-refractivity contribution in [3.05, 3.63) is 119 Å². The Morgan fingerprint density at radius 2 is 1.83 bits per heavy atom. The van der Waals surface area contributed by atoms with Gasteiger partial charge in [0.25, 0.3) is 5.56 Å². The van der Waals surface area contributed by atoms with Gasteiger partial charge in [-0.25, -0.2) is 9.79 Å². The molecule has 0 amide bonds. The van der Waals surface area contributed by atoms with Crippen LogP contribution in [0.1, 0.15) is 29.0 Å². The van der Waals surface area contributed by atoms with Gasteiger partial charge in [-0.3, -0.25) is 9.36 Å².